The van der Waals surface area contributed by atoms with E-state index in [2.05, 4.69) is 57.8 Å². The molecule has 1 aliphatic heterocycles. The molecule has 21 heavy (non-hydrogen) atoms. The molecule has 1 aliphatic rings. The Morgan fingerprint density at radius 2 is 1.71 bits per heavy atom. The number of hydrogen-bond acceptors (Lipinski definition) is 2. The van der Waals surface area contributed by atoms with Crippen LogP contribution in [0.1, 0.15) is 73.6 Å². The van der Waals surface area contributed by atoms with Crippen molar-refractivity contribution in [2.75, 3.05) is 13.1 Å². The molecule has 3 atom stereocenters. The van der Waals surface area contributed by atoms with Crippen LogP contribution in [0.2, 0.25) is 0 Å². The van der Waals surface area contributed by atoms with Gasteiger partial charge < -0.3 is 10.2 Å². The second kappa shape index (κ2) is 9.63. The minimum absolute atomic E-state index is 0.478. The van der Waals surface area contributed by atoms with Crippen LogP contribution in [0.3, 0.4) is 0 Å². The van der Waals surface area contributed by atoms with Gasteiger partial charge in [0.1, 0.15) is 0 Å². The lowest BCUT2D eigenvalue weighted by molar-refractivity contribution is 0.205. The van der Waals surface area contributed by atoms with E-state index < -0.39 is 0 Å². The lowest BCUT2D eigenvalue weighted by atomic mass is 9.88. The van der Waals surface area contributed by atoms with Gasteiger partial charge in [0.05, 0.1) is 0 Å². The summed E-state index contributed by atoms with van der Waals surface area (Å²) in [6.07, 6.45) is 9.15. The zero-order chi connectivity index (χ0) is 15.8. The van der Waals surface area contributed by atoms with Gasteiger partial charge in [-0.3, -0.25) is 0 Å². The highest BCUT2D eigenvalue weighted by atomic mass is 15.2. The summed E-state index contributed by atoms with van der Waals surface area (Å²) in [5.74, 6) is 0.743. The van der Waals surface area contributed by atoms with Crippen LogP contribution >= 0.6 is 0 Å². The third-order valence-electron chi connectivity index (χ3n) is 4.93. The standard InChI is InChI=1S/C19H38N2/c1-7-18(16(5)13-17(6)20-15(3)4)14-19(8-2)21-11-9-10-12-21/h13,15,17-20H,7-12,14H2,1-6H3. The van der Waals surface area contributed by atoms with E-state index in [-0.39, 0.29) is 0 Å². The molecule has 2 heteroatoms. The highest BCUT2D eigenvalue weighted by Gasteiger charge is 2.23. The molecular weight excluding hydrogens is 256 g/mol. The summed E-state index contributed by atoms with van der Waals surface area (Å²) in [4.78, 5) is 2.73. The van der Waals surface area contributed by atoms with Crippen molar-refractivity contribution in [1.82, 2.24) is 10.2 Å². The number of rotatable bonds is 9. The second-order valence-electron chi connectivity index (χ2n) is 7.17. The van der Waals surface area contributed by atoms with E-state index in [4.69, 9.17) is 0 Å². The van der Waals surface area contributed by atoms with Crippen LogP contribution in [-0.4, -0.2) is 36.1 Å². The Hall–Kier alpha value is -0.340. The summed E-state index contributed by atoms with van der Waals surface area (Å²) < 4.78 is 0. The maximum absolute atomic E-state index is 3.59. The molecule has 1 saturated heterocycles. The van der Waals surface area contributed by atoms with Gasteiger partial charge in [0.2, 0.25) is 0 Å². The zero-order valence-electron chi connectivity index (χ0n) is 15.3. The Balaban J connectivity index is 2.60. The van der Waals surface area contributed by atoms with Crippen molar-refractivity contribution in [1.29, 1.82) is 0 Å². The molecule has 0 radical (unpaired) electrons. The van der Waals surface area contributed by atoms with Gasteiger partial charge >= 0.3 is 0 Å². The molecule has 0 spiro atoms. The lowest BCUT2D eigenvalue weighted by Crippen LogP contribution is -2.34. The van der Waals surface area contributed by atoms with Crippen LogP contribution in [-0.2, 0) is 0 Å². The fraction of sp³-hybridized carbons (Fsp3) is 0.895. The molecule has 1 N–H and O–H groups in total. The summed E-state index contributed by atoms with van der Waals surface area (Å²) in [5.41, 5.74) is 1.58. The minimum Gasteiger partial charge on any atom is -0.309 e. The van der Waals surface area contributed by atoms with Gasteiger partial charge in [0.15, 0.2) is 0 Å². The molecule has 0 aliphatic carbocycles. The zero-order valence-corrected chi connectivity index (χ0v) is 15.3. The van der Waals surface area contributed by atoms with Crippen molar-refractivity contribution in [3.63, 3.8) is 0 Å². The van der Waals surface area contributed by atoms with E-state index in [0.29, 0.717) is 12.1 Å². The fourth-order valence-electron chi connectivity index (χ4n) is 3.79. The van der Waals surface area contributed by atoms with Crippen LogP contribution in [0.25, 0.3) is 0 Å². The van der Waals surface area contributed by atoms with E-state index in [9.17, 15) is 0 Å². The Morgan fingerprint density at radius 3 is 2.19 bits per heavy atom. The third kappa shape index (κ3) is 6.52. The largest absolute Gasteiger partial charge is 0.309 e. The van der Waals surface area contributed by atoms with Crippen molar-refractivity contribution >= 4 is 0 Å². The molecule has 124 valence electrons. The molecule has 0 bridgehead atoms. The van der Waals surface area contributed by atoms with Gasteiger partial charge in [-0.15, -0.1) is 0 Å². The van der Waals surface area contributed by atoms with Gasteiger partial charge in [-0.2, -0.15) is 0 Å². The fourth-order valence-corrected chi connectivity index (χ4v) is 3.79. The van der Waals surface area contributed by atoms with Crippen molar-refractivity contribution in [2.45, 2.75) is 91.8 Å². The van der Waals surface area contributed by atoms with E-state index in [1.54, 1.807) is 5.57 Å². The number of hydrogen-bond donors (Lipinski definition) is 1. The predicted molar refractivity (Wildman–Crippen MR) is 94.8 cm³/mol. The lowest BCUT2D eigenvalue weighted by Gasteiger charge is -2.30. The Kier molecular flexibility index (Phi) is 8.58. The summed E-state index contributed by atoms with van der Waals surface area (Å²) in [5, 5.41) is 3.59. The Labute approximate surface area is 133 Å². The number of likely N-dealkylation sites (tertiary alicyclic amines) is 1. The maximum Gasteiger partial charge on any atom is 0.0226 e. The molecule has 1 rings (SSSR count). The highest BCUT2D eigenvalue weighted by Crippen LogP contribution is 2.26. The maximum atomic E-state index is 3.59. The molecule has 1 heterocycles. The molecule has 2 nitrogen and oxygen atoms in total. The normalized spacial score (nSPS) is 21.8. The summed E-state index contributed by atoms with van der Waals surface area (Å²) in [6.45, 7) is 16.4. The molecule has 3 unspecified atom stereocenters. The average Bonchev–Trinajstić information content (AvgIpc) is 2.92. The van der Waals surface area contributed by atoms with Crippen LogP contribution in [0.4, 0.5) is 0 Å². The van der Waals surface area contributed by atoms with Gasteiger partial charge in [-0.25, -0.2) is 0 Å². The van der Waals surface area contributed by atoms with Crippen LogP contribution in [0.5, 0.6) is 0 Å². The monoisotopic (exact) mass is 294 g/mol. The first kappa shape index (κ1) is 18.7. The van der Waals surface area contributed by atoms with Gasteiger partial charge in [0, 0.05) is 18.1 Å². The highest BCUT2D eigenvalue weighted by molar-refractivity contribution is 5.08. The topological polar surface area (TPSA) is 15.3 Å². The van der Waals surface area contributed by atoms with E-state index in [1.807, 2.05) is 0 Å². The van der Waals surface area contributed by atoms with Crippen LogP contribution in [0.15, 0.2) is 11.6 Å². The van der Waals surface area contributed by atoms with Crippen LogP contribution < -0.4 is 5.32 Å². The summed E-state index contributed by atoms with van der Waals surface area (Å²) >= 11 is 0. The molecule has 1 fully saturated rings. The van der Waals surface area contributed by atoms with Crippen LogP contribution in [0, 0.1) is 5.92 Å². The van der Waals surface area contributed by atoms with Crippen molar-refractivity contribution in [3.05, 3.63) is 11.6 Å². The smallest absolute Gasteiger partial charge is 0.0226 e. The molecule has 0 aromatic rings. The number of allylic oxidation sites excluding steroid dienone is 1. The molecule has 0 aromatic heterocycles. The number of nitrogens with one attached hydrogen (secondary N) is 1. The molecule has 0 aromatic carbocycles. The van der Waals surface area contributed by atoms with Gasteiger partial charge in [-0.05, 0) is 65.0 Å². The van der Waals surface area contributed by atoms with Crippen molar-refractivity contribution < 1.29 is 0 Å². The average molecular weight is 295 g/mol. The van der Waals surface area contributed by atoms with E-state index in [1.165, 1.54) is 45.2 Å². The quantitative estimate of drug-likeness (QED) is 0.625. The molecule has 0 saturated carbocycles. The summed E-state index contributed by atoms with van der Waals surface area (Å²) in [7, 11) is 0. The first-order valence-electron chi connectivity index (χ1n) is 9.16. The summed E-state index contributed by atoms with van der Waals surface area (Å²) in [6, 6.07) is 1.82. The molecule has 0 amide bonds. The SMILES string of the molecule is CCC(CC(CC)N1CCCC1)C(C)=CC(C)NC(C)C. The Bertz CT molecular complexity index is 303. The molecular formula is C19H38N2. The first-order chi connectivity index (χ1) is 9.97. The third-order valence-corrected chi connectivity index (χ3v) is 4.93. The van der Waals surface area contributed by atoms with Gasteiger partial charge in [-0.1, -0.05) is 39.3 Å². The predicted octanol–water partition coefficient (Wildman–Crippen LogP) is 4.61. The Morgan fingerprint density at radius 1 is 1.10 bits per heavy atom. The van der Waals surface area contributed by atoms with Crippen molar-refractivity contribution in [2.24, 2.45) is 5.92 Å². The van der Waals surface area contributed by atoms with Crippen molar-refractivity contribution in [3.8, 4) is 0 Å². The van der Waals surface area contributed by atoms with E-state index in [0.717, 1.165) is 12.0 Å². The van der Waals surface area contributed by atoms with E-state index >= 15 is 0 Å². The van der Waals surface area contributed by atoms with Gasteiger partial charge in [0.25, 0.3) is 0 Å². The first-order valence-corrected chi connectivity index (χ1v) is 9.16. The number of nitrogens with zero attached hydrogens (tertiary/aromatic N) is 1. The minimum atomic E-state index is 0.478. The second-order valence-corrected chi connectivity index (χ2v) is 7.17.